The maximum atomic E-state index is 14.8. The maximum absolute atomic E-state index is 14.8. The van der Waals surface area contributed by atoms with Crippen molar-refractivity contribution in [2.24, 2.45) is 0 Å². The van der Waals surface area contributed by atoms with Gasteiger partial charge in [-0.25, -0.2) is 18.7 Å². The van der Waals surface area contributed by atoms with Crippen molar-refractivity contribution in [3.63, 3.8) is 0 Å². The van der Waals surface area contributed by atoms with E-state index >= 15 is 0 Å². The topological polar surface area (TPSA) is 94.8 Å². The van der Waals surface area contributed by atoms with Crippen molar-refractivity contribution in [3.05, 3.63) is 84.1 Å². The summed E-state index contributed by atoms with van der Waals surface area (Å²) in [5, 5.41) is 11.6. The zero-order chi connectivity index (χ0) is 24.4. The number of hydrogen-bond acceptors (Lipinski definition) is 6. The van der Waals surface area contributed by atoms with Crippen LogP contribution in [0.3, 0.4) is 0 Å². The number of ether oxygens (including phenoxy) is 1. The monoisotopic (exact) mass is 476 g/mol. The Morgan fingerprint density at radius 2 is 1.89 bits per heavy atom. The van der Waals surface area contributed by atoms with Gasteiger partial charge in [0, 0.05) is 12.0 Å². The van der Waals surface area contributed by atoms with Gasteiger partial charge in [-0.15, -0.1) is 10.2 Å². The molecule has 4 aromatic rings. The number of carbonyl (C=O) groups is 1. The predicted molar refractivity (Wildman–Crippen MR) is 123 cm³/mol. The first kappa shape index (κ1) is 22.6. The van der Waals surface area contributed by atoms with E-state index in [1.54, 1.807) is 41.1 Å². The molecule has 0 atom stereocenters. The number of para-hydroxylation sites is 1. The summed E-state index contributed by atoms with van der Waals surface area (Å²) in [6.45, 7) is 2.41. The lowest BCUT2D eigenvalue weighted by molar-refractivity contribution is 0.0902. The average molecular weight is 476 g/mol. The quantitative estimate of drug-likeness (QED) is 0.432. The van der Waals surface area contributed by atoms with E-state index in [0.717, 1.165) is 6.20 Å². The van der Waals surface area contributed by atoms with Crippen molar-refractivity contribution in [3.8, 4) is 23.0 Å². The lowest BCUT2D eigenvalue weighted by Gasteiger charge is -2.35. The lowest BCUT2D eigenvalue weighted by atomic mass is 9.79. The minimum absolute atomic E-state index is 0.0509. The highest BCUT2D eigenvalue weighted by molar-refractivity contribution is 5.92. The van der Waals surface area contributed by atoms with Crippen LogP contribution in [-0.2, 0) is 0 Å². The van der Waals surface area contributed by atoms with Crippen molar-refractivity contribution >= 4 is 5.91 Å². The number of hydrogen-bond donors (Lipinski definition) is 1. The van der Waals surface area contributed by atoms with Crippen LogP contribution in [0.4, 0.5) is 8.78 Å². The van der Waals surface area contributed by atoms with Gasteiger partial charge in [0.1, 0.15) is 34.6 Å². The van der Waals surface area contributed by atoms with Crippen molar-refractivity contribution in [1.82, 2.24) is 30.0 Å². The molecule has 10 heteroatoms. The van der Waals surface area contributed by atoms with Crippen molar-refractivity contribution in [1.29, 1.82) is 0 Å². The van der Waals surface area contributed by atoms with E-state index in [9.17, 15) is 13.6 Å². The number of nitrogens with zero attached hydrogens (tertiary/aromatic N) is 5. The second kappa shape index (κ2) is 9.57. The molecule has 0 unspecified atom stereocenters. The van der Waals surface area contributed by atoms with E-state index in [-0.39, 0.29) is 23.6 Å². The van der Waals surface area contributed by atoms with Gasteiger partial charge in [-0.2, -0.15) is 0 Å². The van der Waals surface area contributed by atoms with Crippen LogP contribution in [0.1, 0.15) is 42.0 Å². The second-order valence-electron chi connectivity index (χ2n) is 8.18. The van der Waals surface area contributed by atoms with Gasteiger partial charge in [-0.05, 0) is 56.2 Å². The number of halogens is 2. The van der Waals surface area contributed by atoms with Crippen molar-refractivity contribution in [2.75, 3.05) is 6.61 Å². The molecule has 0 aliphatic heterocycles. The van der Waals surface area contributed by atoms with Gasteiger partial charge in [-0.1, -0.05) is 12.1 Å². The summed E-state index contributed by atoms with van der Waals surface area (Å²) in [6.07, 6.45) is 3.79. The van der Waals surface area contributed by atoms with E-state index < -0.39 is 11.6 Å². The maximum Gasteiger partial charge on any atom is 0.270 e. The molecule has 1 amide bonds. The molecule has 3 aromatic heterocycles. The number of pyridine rings is 2. The molecule has 1 aromatic carbocycles. The Balaban J connectivity index is 1.39. The second-order valence-corrected chi connectivity index (χ2v) is 8.18. The summed E-state index contributed by atoms with van der Waals surface area (Å²) in [4.78, 5) is 20.6. The Bertz CT molecular complexity index is 1340. The molecule has 1 fully saturated rings. The van der Waals surface area contributed by atoms with Crippen LogP contribution in [0, 0.1) is 11.6 Å². The summed E-state index contributed by atoms with van der Waals surface area (Å²) < 4.78 is 35.0. The zero-order valence-electron chi connectivity index (χ0n) is 18.9. The standard InChI is InChI=1S/C25H22F2N6O2/c1-2-35-18-8-10-20(29-14-18)24-32-31-23(33(24)22-6-4-3-5-19(22)27)15-11-17(12-15)30-25(34)21-9-7-16(26)13-28-21/h3-10,13-15,17H,2,11-12H2,1H3,(H,30,34). The smallest absolute Gasteiger partial charge is 0.270 e. The lowest BCUT2D eigenvalue weighted by Crippen LogP contribution is -2.44. The predicted octanol–water partition coefficient (Wildman–Crippen LogP) is 4.08. The van der Waals surface area contributed by atoms with Crippen molar-refractivity contribution in [2.45, 2.75) is 31.7 Å². The zero-order valence-corrected chi connectivity index (χ0v) is 18.9. The Hall–Kier alpha value is -4.21. The fourth-order valence-electron chi connectivity index (χ4n) is 4.08. The molecule has 1 N–H and O–H groups in total. The van der Waals surface area contributed by atoms with Gasteiger partial charge >= 0.3 is 0 Å². The third-order valence-corrected chi connectivity index (χ3v) is 5.86. The molecular formula is C25H22F2N6O2. The molecule has 5 rings (SSSR count). The first-order valence-electron chi connectivity index (χ1n) is 11.3. The molecule has 1 aliphatic rings. The highest BCUT2D eigenvalue weighted by atomic mass is 19.1. The summed E-state index contributed by atoms with van der Waals surface area (Å²) in [5.41, 5.74) is 0.997. The fourth-order valence-corrected chi connectivity index (χ4v) is 4.08. The van der Waals surface area contributed by atoms with Crippen molar-refractivity contribution < 1.29 is 18.3 Å². The molecule has 1 saturated carbocycles. The number of rotatable bonds is 7. The number of aromatic nitrogens is 5. The van der Waals surface area contributed by atoms with Crippen LogP contribution in [0.15, 0.2) is 60.9 Å². The Morgan fingerprint density at radius 1 is 1.06 bits per heavy atom. The SMILES string of the molecule is CCOc1ccc(-c2nnc(C3CC(NC(=O)c4ccc(F)cn4)C3)n2-c2ccccc2F)nc1. The van der Waals surface area contributed by atoms with E-state index in [0.29, 0.717) is 48.2 Å². The number of amides is 1. The van der Waals surface area contributed by atoms with Crippen LogP contribution < -0.4 is 10.1 Å². The molecular weight excluding hydrogens is 454 g/mol. The molecule has 35 heavy (non-hydrogen) atoms. The number of carbonyl (C=O) groups excluding carboxylic acids is 1. The average Bonchev–Trinajstić information content (AvgIpc) is 3.26. The van der Waals surface area contributed by atoms with Gasteiger partial charge in [0.2, 0.25) is 0 Å². The fraction of sp³-hybridized carbons (Fsp3) is 0.240. The van der Waals surface area contributed by atoms with Crippen LogP contribution in [0.2, 0.25) is 0 Å². The molecule has 0 bridgehead atoms. The summed E-state index contributed by atoms with van der Waals surface area (Å²) in [7, 11) is 0. The number of nitrogens with one attached hydrogen (secondary N) is 1. The molecule has 3 heterocycles. The normalized spacial score (nSPS) is 17.0. The first-order valence-corrected chi connectivity index (χ1v) is 11.3. The van der Waals surface area contributed by atoms with Crippen LogP contribution in [0.25, 0.3) is 17.2 Å². The molecule has 178 valence electrons. The van der Waals surface area contributed by atoms with E-state index in [1.807, 2.05) is 6.92 Å². The Kier molecular flexibility index (Phi) is 6.17. The summed E-state index contributed by atoms with van der Waals surface area (Å²) in [6, 6.07) is 12.4. The summed E-state index contributed by atoms with van der Waals surface area (Å²) in [5.74, 6) is 0.292. The van der Waals surface area contributed by atoms with Gasteiger partial charge in [0.25, 0.3) is 5.91 Å². The van der Waals surface area contributed by atoms with Gasteiger partial charge < -0.3 is 10.1 Å². The van der Waals surface area contributed by atoms with E-state index in [2.05, 4.69) is 25.5 Å². The third kappa shape index (κ3) is 4.59. The van der Waals surface area contributed by atoms with Crippen LogP contribution in [-0.4, -0.2) is 43.3 Å². The van der Waals surface area contributed by atoms with Gasteiger partial charge in [0.15, 0.2) is 5.82 Å². The minimum atomic E-state index is -0.504. The minimum Gasteiger partial charge on any atom is -0.492 e. The third-order valence-electron chi connectivity index (χ3n) is 5.86. The van der Waals surface area contributed by atoms with Gasteiger partial charge in [0.05, 0.1) is 24.7 Å². The first-order chi connectivity index (χ1) is 17.0. The summed E-state index contributed by atoms with van der Waals surface area (Å²) >= 11 is 0. The van der Waals surface area contributed by atoms with Crippen LogP contribution in [0.5, 0.6) is 5.75 Å². The molecule has 0 saturated heterocycles. The Morgan fingerprint density at radius 3 is 2.57 bits per heavy atom. The molecule has 0 radical (unpaired) electrons. The Labute approximate surface area is 200 Å². The molecule has 8 nitrogen and oxygen atoms in total. The molecule has 1 aliphatic carbocycles. The highest BCUT2D eigenvalue weighted by Gasteiger charge is 2.36. The highest BCUT2D eigenvalue weighted by Crippen LogP contribution is 2.39. The van der Waals surface area contributed by atoms with Crippen LogP contribution >= 0.6 is 0 Å². The molecule has 0 spiro atoms. The number of benzene rings is 1. The van der Waals surface area contributed by atoms with E-state index in [4.69, 9.17) is 4.74 Å². The van der Waals surface area contributed by atoms with Gasteiger partial charge in [-0.3, -0.25) is 9.36 Å². The van der Waals surface area contributed by atoms with E-state index in [1.165, 1.54) is 18.2 Å². The largest absolute Gasteiger partial charge is 0.492 e.